The maximum absolute atomic E-state index is 12.3. The van der Waals surface area contributed by atoms with Gasteiger partial charge in [-0.1, -0.05) is 35.9 Å². The van der Waals surface area contributed by atoms with Crippen LogP contribution in [-0.2, 0) is 0 Å². The Morgan fingerprint density at radius 2 is 2.00 bits per heavy atom. The topological polar surface area (TPSA) is 42.0 Å². The van der Waals surface area contributed by atoms with Gasteiger partial charge < -0.3 is 5.32 Å². The van der Waals surface area contributed by atoms with Gasteiger partial charge in [-0.2, -0.15) is 0 Å². The van der Waals surface area contributed by atoms with Crippen LogP contribution in [0.15, 0.2) is 42.5 Å². The summed E-state index contributed by atoms with van der Waals surface area (Å²) in [6.07, 6.45) is 0. The number of thiophene rings is 1. The summed E-state index contributed by atoms with van der Waals surface area (Å²) in [6.45, 7) is 1.88. The van der Waals surface area contributed by atoms with Gasteiger partial charge in [0.05, 0.1) is 5.02 Å². The first-order valence-corrected chi connectivity index (χ1v) is 7.26. The molecule has 2 heterocycles. The van der Waals surface area contributed by atoms with Crippen molar-refractivity contribution < 1.29 is 4.79 Å². The molecule has 1 N–H and O–H groups in total. The fourth-order valence-corrected chi connectivity index (χ4v) is 3.36. The number of anilines is 1. The summed E-state index contributed by atoms with van der Waals surface area (Å²) < 4.78 is 1.000. The lowest BCUT2D eigenvalue weighted by molar-refractivity contribution is 0.103. The summed E-state index contributed by atoms with van der Waals surface area (Å²) in [5.74, 6) is 0.304. The van der Waals surface area contributed by atoms with Gasteiger partial charge in [0, 0.05) is 15.8 Å². The van der Waals surface area contributed by atoms with Crippen molar-refractivity contribution in [2.24, 2.45) is 0 Å². The number of hydrogen-bond acceptors (Lipinski definition) is 3. The van der Waals surface area contributed by atoms with Crippen molar-refractivity contribution in [2.45, 2.75) is 6.92 Å². The predicted molar refractivity (Wildman–Crippen MR) is 83.8 cm³/mol. The normalized spacial score (nSPS) is 10.7. The molecule has 0 aliphatic heterocycles. The first-order valence-electron chi connectivity index (χ1n) is 6.07. The molecular weight excluding hydrogens is 292 g/mol. The third-order valence-electron chi connectivity index (χ3n) is 2.87. The smallest absolute Gasteiger partial charge is 0.268 e. The van der Waals surface area contributed by atoms with Crippen LogP contribution in [0.25, 0.3) is 10.1 Å². The Balaban J connectivity index is 1.95. The van der Waals surface area contributed by atoms with Crippen molar-refractivity contribution >= 4 is 44.7 Å². The molecule has 0 fully saturated rings. The second kappa shape index (κ2) is 5.23. The zero-order valence-corrected chi connectivity index (χ0v) is 12.3. The van der Waals surface area contributed by atoms with E-state index >= 15 is 0 Å². The number of rotatable bonds is 2. The molecule has 0 spiro atoms. The van der Waals surface area contributed by atoms with Crippen LogP contribution in [0, 0.1) is 6.92 Å². The molecule has 1 amide bonds. The number of hydrogen-bond donors (Lipinski definition) is 1. The second-order valence-corrected chi connectivity index (χ2v) is 5.79. The van der Waals surface area contributed by atoms with E-state index in [4.69, 9.17) is 11.6 Å². The van der Waals surface area contributed by atoms with E-state index in [1.807, 2.05) is 43.3 Å². The van der Waals surface area contributed by atoms with E-state index in [1.54, 1.807) is 6.07 Å². The maximum atomic E-state index is 12.3. The van der Waals surface area contributed by atoms with Gasteiger partial charge in [0.15, 0.2) is 0 Å². The third kappa shape index (κ3) is 2.40. The molecule has 0 unspecified atom stereocenters. The van der Waals surface area contributed by atoms with Crippen LogP contribution >= 0.6 is 22.9 Å². The number of aryl methyl sites for hydroxylation is 1. The molecule has 3 nitrogen and oxygen atoms in total. The quantitative estimate of drug-likeness (QED) is 0.756. The lowest BCUT2D eigenvalue weighted by atomic mass is 10.2. The Morgan fingerprint density at radius 3 is 2.75 bits per heavy atom. The average molecular weight is 303 g/mol. The summed E-state index contributed by atoms with van der Waals surface area (Å²) in [5, 5.41) is 4.18. The van der Waals surface area contributed by atoms with Crippen molar-refractivity contribution in [3.05, 3.63) is 58.1 Å². The summed E-state index contributed by atoms with van der Waals surface area (Å²) in [7, 11) is 0. The molecule has 1 aromatic carbocycles. The van der Waals surface area contributed by atoms with E-state index in [2.05, 4.69) is 10.3 Å². The molecule has 3 rings (SSSR count). The first-order chi connectivity index (χ1) is 9.65. The Labute approximate surface area is 125 Å². The van der Waals surface area contributed by atoms with Crippen molar-refractivity contribution in [3.63, 3.8) is 0 Å². The second-order valence-electron chi connectivity index (χ2n) is 4.36. The van der Waals surface area contributed by atoms with Crippen LogP contribution in [0.1, 0.15) is 15.4 Å². The van der Waals surface area contributed by atoms with Crippen LogP contribution in [0.4, 0.5) is 5.82 Å². The van der Waals surface area contributed by atoms with Gasteiger partial charge >= 0.3 is 0 Å². The molecule has 3 aromatic rings. The molecule has 0 aliphatic carbocycles. The van der Waals surface area contributed by atoms with Crippen LogP contribution in [0.5, 0.6) is 0 Å². The standard InChI is InChI=1S/C15H11ClN2OS/c1-9-5-4-8-12(17-9)18-15(19)14-13(16)10-6-2-3-7-11(10)20-14/h2-8H,1H3,(H,17,18,19). The monoisotopic (exact) mass is 302 g/mol. The zero-order chi connectivity index (χ0) is 14.1. The lowest BCUT2D eigenvalue weighted by Crippen LogP contribution is -2.12. The molecule has 2 aromatic heterocycles. The molecule has 0 saturated heterocycles. The minimum atomic E-state index is -0.228. The van der Waals surface area contributed by atoms with Crippen LogP contribution in [0.2, 0.25) is 5.02 Å². The highest BCUT2D eigenvalue weighted by molar-refractivity contribution is 7.21. The highest BCUT2D eigenvalue weighted by Crippen LogP contribution is 2.35. The van der Waals surface area contributed by atoms with Gasteiger partial charge in [0.1, 0.15) is 10.7 Å². The first kappa shape index (κ1) is 13.1. The molecule has 0 saturated carbocycles. The van der Waals surface area contributed by atoms with E-state index in [9.17, 15) is 4.79 Å². The Morgan fingerprint density at radius 1 is 1.20 bits per heavy atom. The number of amides is 1. The zero-order valence-electron chi connectivity index (χ0n) is 10.7. The fourth-order valence-electron chi connectivity index (χ4n) is 1.95. The molecule has 0 radical (unpaired) electrons. The minimum Gasteiger partial charge on any atom is -0.306 e. The fraction of sp³-hybridized carbons (Fsp3) is 0.0667. The highest BCUT2D eigenvalue weighted by atomic mass is 35.5. The summed E-state index contributed by atoms with van der Waals surface area (Å²) in [5.41, 5.74) is 0.852. The van der Waals surface area contributed by atoms with E-state index in [0.717, 1.165) is 15.8 Å². The lowest BCUT2D eigenvalue weighted by Gasteiger charge is -2.03. The van der Waals surface area contributed by atoms with Gasteiger partial charge in [0.2, 0.25) is 0 Å². The number of carbonyl (C=O) groups excluding carboxylic acids is 1. The maximum Gasteiger partial charge on any atom is 0.268 e. The number of halogens is 1. The van der Waals surface area contributed by atoms with Crippen molar-refractivity contribution in [3.8, 4) is 0 Å². The van der Waals surface area contributed by atoms with E-state index in [-0.39, 0.29) is 5.91 Å². The predicted octanol–water partition coefficient (Wildman–Crippen LogP) is 4.51. The molecule has 100 valence electrons. The molecule has 0 atom stereocenters. The number of nitrogens with zero attached hydrogens (tertiary/aromatic N) is 1. The molecule has 0 aliphatic rings. The van der Waals surface area contributed by atoms with E-state index in [1.165, 1.54) is 11.3 Å². The largest absolute Gasteiger partial charge is 0.306 e. The molecule has 5 heteroatoms. The number of aromatic nitrogens is 1. The Bertz CT molecular complexity index is 797. The van der Waals surface area contributed by atoms with Gasteiger partial charge in [-0.15, -0.1) is 11.3 Å². The van der Waals surface area contributed by atoms with Crippen molar-refractivity contribution in [1.29, 1.82) is 0 Å². The molecular formula is C15H11ClN2OS. The number of pyridine rings is 1. The van der Waals surface area contributed by atoms with Gasteiger partial charge in [0.25, 0.3) is 5.91 Å². The Kier molecular flexibility index (Phi) is 3.42. The summed E-state index contributed by atoms with van der Waals surface area (Å²) in [4.78, 5) is 17.1. The average Bonchev–Trinajstić information content (AvgIpc) is 2.77. The highest BCUT2D eigenvalue weighted by Gasteiger charge is 2.17. The Hall–Kier alpha value is -1.91. The van der Waals surface area contributed by atoms with E-state index in [0.29, 0.717) is 15.7 Å². The minimum absolute atomic E-state index is 0.228. The van der Waals surface area contributed by atoms with Gasteiger partial charge in [-0.05, 0) is 25.1 Å². The third-order valence-corrected chi connectivity index (χ3v) is 4.55. The SMILES string of the molecule is Cc1cccc(NC(=O)c2sc3ccccc3c2Cl)n1. The van der Waals surface area contributed by atoms with Crippen molar-refractivity contribution in [2.75, 3.05) is 5.32 Å². The summed E-state index contributed by atoms with van der Waals surface area (Å²) in [6, 6.07) is 13.2. The number of benzene rings is 1. The molecule has 20 heavy (non-hydrogen) atoms. The van der Waals surface area contributed by atoms with Gasteiger partial charge in [-0.25, -0.2) is 4.98 Å². The van der Waals surface area contributed by atoms with Crippen LogP contribution in [0.3, 0.4) is 0 Å². The molecule has 0 bridgehead atoms. The van der Waals surface area contributed by atoms with E-state index < -0.39 is 0 Å². The number of carbonyl (C=O) groups is 1. The van der Waals surface area contributed by atoms with Gasteiger partial charge in [-0.3, -0.25) is 4.79 Å². The van der Waals surface area contributed by atoms with Crippen LogP contribution in [-0.4, -0.2) is 10.9 Å². The summed E-state index contributed by atoms with van der Waals surface area (Å²) >= 11 is 7.66. The van der Waals surface area contributed by atoms with Crippen LogP contribution < -0.4 is 5.32 Å². The number of fused-ring (bicyclic) bond motifs is 1. The van der Waals surface area contributed by atoms with Crippen molar-refractivity contribution in [1.82, 2.24) is 4.98 Å². The number of nitrogens with one attached hydrogen (secondary N) is 1.